The van der Waals surface area contributed by atoms with E-state index in [9.17, 15) is 18.0 Å². The largest absolute Gasteiger partial charge is 0.383 e. The molecule has 2 saturated heterocycles. The van der Waals surface area contributed by atoms with E-state index in [1.807, 2.05) is 0 Å². The summed E-state index contributed by atoms with van der Waals surface area (Å²) in [6.45, 7) is 5.54. The first-order valence-electron chi connectivity index (χ1n) is 9.00. The molecule has 2 aliphatic rings. The van der Waals surface area contributed by atoms with Crippen LogP contribution in [0.5, 0.6) is 0 Å². The molecule has 3 heterocycles. The molecule has 0 spiro atoms. The van der Waals surface area contributed by atoms with Gasteiger partial charge < -0.3 is 9.64 Å². The van der Waals surface area contributed by atoms with Crippen molar-refractivity contribution in [2.75, 3.05) is 44.9 Å². The molecule has 10 heteroatoms. The Morgan fingerprint density at radius 3 is 2.63 bits per heavy atom. The monoisotopic (exact) mass is 398 g/mol. The Bertz CT molecular complexity index is 882. The van der Waals surface area contributed by atoms with E-state index in [0.717, 1.165) is 0 Å². The standard InChI is InChI=1S/C17H26N4O5S/c1-12-8-13(2)21(17(23)18-12)9-16(22)20-5-4-19(6-7-26-3)14-10-27(24,25)11-15(14)20/h8,14-15H,4-7,9-11H2,1-3H3/t14-,15+/m1/s1. The second-order valence-electron chi connectivity index (χ2n) is 7.24. The molecule has 0 aliphatic carbocycles. The predicted octanol–water partition coefficient (Wildman–Crippen LogP) is -1.18. The minimum Gasteiger partial charge on any atom is -0.383 e. The summed E-state index contributed by atoms with van der Waals surface area (Å²) in [5.74, 6) is -0.229. The van der Waals surface area contributed by atoms with Crippen LogP contribution in [0.2, 0.25) is 0 Å². The van der Waals surface area contributed by atoms with Gasteiger partial charge in [0, 0.05) is 44.2 Å². The van der Waals surface area contributed by atoms with Gasteiger partial charge in [0.05, 0.1) is 24.2 Å². The van der Waals surface area contributed by atoms with Crippen LogP contribution in [-0.2, 0) is 25.9 Å². The van der Waals surface area contributed by atoms with Gasteiger partial charge in [-0.15, -0.1) is 0 Å². The van der Waals surface area contributed by atoms with Crippen molar-refractivity contribution >= 4 is 15.7 Å². The molecule has 1 aromatic heterocycles. The van der Waals surface area contributed by atoms with Crippen LogP contribution < -0.4 is 5.69 Å². The molecule has 0 unspecified atom stereocenters. The lowest BCUT2D eigenvalue weighted by Crippen LogP contribution is -2.61. The smallest absolute Gasteiger partial charge is 0.348 e. The fourth-order valence-corrected chi connectivity index (χ4v) is 6.03. The topological polar surface area (TPSA) is 102 Å². The lowest BCUT2D eigenvalue weighted by atomic mass is 10.0. The van der Waals surface area contributed by atoms with Crippen LogP contribution in [0.1, 0.15) is 11.4 Å². The number of methoxy groups -OCH3 is 1. The summed E-state index contributed by atoms with van der Waals surface area (Å²) in [6, 6.07) is 1.14. The van der Waals surface area contributed by atoms with Gasteiger partial charge in [-0.1, -0.05) is 0 Å². The van der Waals surface area contributed by atoms with E-state index in [-0.39, 0.29) is 36.0 Å². The SMILES string of the molecule is COCCN1CCN(C(=O)Cn2c(C)cc(C)nc2=O)[C@H]2CS(=O)(=O)C[C@H]21. The molecule has 2 atom stereocenters. The highest BCUT2D eigenvalue weighted by Crippen LogP contribution is 2.27. The number of sulfone groups is 1. The Morgan fingerprint density at radius 2 is 1.96 bits per heavy atom. The van der Waals surface area contributed by atoms with Crippen molar-refractivity contribution in [3.05, 3.63) is 27.9 Å². The molecule has 9 nitrogen and oxygen atoms in total. The minimum absolute atomic E-state index is 0.0348. The highest BCUT2D eigenvalue weighted by atomic mass is 32.2. The number of ether oxygens (including phenoxy) is 1. The summed E-state index contributed by atoms with van der Waals surface area (Å²) in [6.07, 6.45) is 0. The summed E-state index contributed by atoms with van der Waals surface area (Å²) < 4.78 is 30.9. The molecule has 3 rings (SSSR count). The number of aromatic nitrogens is 2. The van der Waals surface area contributed by atoms with Crippen LogP contribution in [0.15, 0.2) is 10.9 Å². The van der Waals surface area contributed by atoms with Crippen LogP contribution in [-0.4, -0.2) is 90.6 Å². The summed E-state index contributed by atoms with van der Waals surface area (Å²) in [4.78, 5) is 32.7. The molecule has 0 bridgehead atoms. The number of amides is 1. The zero-order chi connectivity index (χ0) is 19.8. The molecular formula is C17H26N4O5S. The van der Waals surface area contributed by atoms with E-state index >= 15 is 0 Å². The number of nitrogens with zero attached hydrogens (tertiary/aromatic N) is 4. The molecular weight excluding hydrogens is 372 g/mol. The second kappa shape index (κ2) is 7.69. The van der Waals surface area contributed by atoms with E-state index in [1.165, 1.54) is 4.57 Å². The summed E-state index contributed by atoms with van der Waals surface area (Å²) in [5, 5.41) is 0. The van der Waals surface area contributed by atoms with Gasteiger partial charge in [0.1, 0.15) is 6.54 Å². The maximum Gasteiger partial charge on any atom is 0.348 e. The summed E-state index contributed by atoms with van der Waals surface area (Å²) in [7, 11) is -1.60. The van der Waals surface area contributed by atoms with Crippen LogP contribution in [0, 0.1) is 13.8 Å². The highest BCUT2D eigenvalue weighted by molar-refractivity contribution is 7.91. The Morgan fingerprint density at radius 1 is 1.26 bits per heavy atom. The number of carbonyl (C=O) groups is 1. The first kappa shape index (κ1) is 20.0. The Labute approximate surface area is 158 Å². The van der Waals surface area contributed by atoms with Crippen molar-refractivity contribution in [2.45, 2.75) is 32.5 Å². The van der Waals surface area contributed by atoms with Gasteiger partial charge in [-0.25, -0.2) is 13.2 Å². The highest BCUT2D eigenvalue weighted by Gasteiger charge is 2.47. The quantitative estimate of drug-likeness (QED) is 0.615. The Kier molecular flexibility index (Phi) is 5.68. The predicted molar refractivity (Wildman–Crippen MR) is 99.4 cm³/mol. The number of hydrogen-bond acceptors (Lipinski definition) is 7. The summed E-state index contributed by atoms with van der Waals surface area (Å²) >= 11 is 0. The average Bonchev–Trinajstić information content (AvgIpc) is 2.90. The minimum atomic E-state index is -3.21. The van der Waals surface area contributed by atoms with Crippen molar-refractivity contribution in [2.24, 2.45) is 0 Å². The molecule has 1 aromatic rings. The van der Waals surface area contributed by atoms with Crippen LogP contribution >= 0.6 is 0 Å². The van der Waals surface area contributed by atoms with E-state index in [0.29, 0.717) is 37.6 Å². The number of piperazine rings is 1. The van der Waals surface area contributed by atoms with Gasteiger partial charge in [0.15, 0.2) is 9.84 Å². The van der Waals surface area contributed by atoms with Crippen molar-refractivity contribution in [1.82, 2.24) is 19.4 Å². The van der Waals surface area contributed by atoms with Gasteiger partial charge in [-0.2, -0.15) is 4.98 Å². The fraction of sp³-hybridized carbons (Fsp3) is 0.706. The van der Waals surface area contributed by atoms with Crippen LogP contribution in [0.4, 0.5) is 0 Å². The molecule has 0 N–H and O–H groups in total. The van der Waals surface area contributed by atoms with Crippen LogP contribution in [0.3, 0.4) is 0 Å². The average molecular weight is 398 g/mol. The molecule has 2 fully saturated rings. The van der Waals surface area contributed by atoms with E-state index in [4.69, 9.17) is 4.74 Å². The third-order valence-corrected chi connectivity index (χ3v) is 7.03. The maximum atomic E-state index is 12.9. The van der Waals surface area contributed by atoms with E-state index in [2.05, 4.69) is 9.88 Å². The normalized spacial score (nSPS) is 24.8. The van der Waals surface area contributed by atoms with E-state index < -0.39 is 15.5 Å². The number of rotatable bonds is 5. The zero-order valence-electron chi connectivity index (χ0n) is 15.9. The molecule has 0 radical (unpaired) electrons. The first-order chi connectivity index (χ1) is 12.7. The number of carbonyl (C=O) groups excluding carboxylic acids is 1. The maximum absolute atomic E-state index is 12.9. The number of fused-ring (bicyclic) bond motifs is 1. The summed E-state index contributed by atoms with van der Waals surface area (Å²) in [5.41, 5.74) is 0.806. The third kappa shape index (κ3) is 4.22. The molecule has 2 aliphatic heterocycles. The molecule has 0 aromatic carbocycles. The lowest BCUT2D eigenvalue weighted by molar-refractivity contribution is -0.137. The first-order valence-corrected chi connectivity index (χ1v) is 10.8. The van der Waals surface area contributed by atoms with Crippen molar-refractivity contribution in [3.63, 3.8) is 0 Å². The Hall–Kier alpha value is -1.78. The van der Waals surface area contributed by atoms with Gasteiger partial charge in [0.25, 0.3) is 0 Å². The van der Waals surface area contributed by atoms with Crippen LogP contribution in [0.25, 0.3) is 0 Å². The third-order valence-electron chi connectivity index (χ3n) is 5.33. The molecule has 1 amide bonds. The van der Waals surface area contributed by atoms with Gasteiger partial charge in [0.2, 0.25) is 5.91 Å². The zero-order valence-corrected chi connectivity index (χ0v) is 16.7. The second-order valence-corrected chi connectivity index (χ2v) is 9.39. The number of hydrogen-bond donors (Lipinski definition) is 0. The Balaban J connectivity index is 1.80. The molecule has 0 saturated carbocycles. The van der Waals surface area contributed by atoms with Crippen molar-refractivity contribution in [1.29, 1.82) is 0 Å². The van der Waals surface area contributed by atoms with Crippen molar-refractivity contribution < 1.29 is 17.9 Å². The van der Waals surface area contributed by atoms with Gasteiger partial charge in [-0.3, -0.25) is 14.3 Å². The lowest BCUT2D eigenvalue weighted by Gasteiger charge is -2.43. The van der Waals surface area contributed by atoms with Gasteiger partial charge in [-0.05, 0) is 19.9 Å². The van der Waals surface area contributed by atoms with Crippen molar-refractivity contribution in [3.8, 4) is 0 Å². The van der Waals surface area contributed by atoms with E-state index in [1.54, 1.807) is 31.9 Å². The molecule has 27 heavy (non-hydrogen) atoms. The molecule has 150 valence electrons. The number of aryl methyl sites for hydroxylation is 2. The fourth-order valence-electron chi connectivity index (χ4n) is 4.01. The van der Waals surface area contributed by atoms with Gasteiger partial charge >= 0.3 is 5.69 Å².